The van der Waals surface area contributed by atoms with Gasteiger partial charge >= 0.3 is 18.9 Å². The molecule has 0 saturated heterocycles. The van der Waals surface area contributed by atoms with Gasteiger partial charge in [0.05, 0.1) is 5.52 Å². The molecule has 0 amide bonds. The molecule has 1 aromatic heterocycles. The monoisotopic (exact) mass is 153 g/mol. The van der Waals surface area contributed by atoms with Crippen LogP contribution in [0.15, 0.2) is 36.5 Å². The first kappa shape index (κ1) is 9.12. The Bertz CT molecular complexity index is 394. The molecule has 0 spiro atoms. The fourth-order valence-corrected chi connectivity index (χ4v) is 1.05. The standard InChI is InChI=1S/C9H7NO.Li.H/c11-8-4-3-7-2-1-5-10-9(7)6-8;;/h1-6,11H;;/q;+1;-1. The molecule has 1 heterocycles. The minimum Gasteiger partial charge on any atom is -1.00 e. The number of nitrogens with zero attached hydrogens (tertiary/aromatic N) is 1. The van der Waals surface area contributed by atoms with Crippen molar-refractivity contribution in [3.8, 4) is 5.75 Å². The van der Waals surface area contributed by atoms with Crippen LogP contribution >= 0.6 is 0 Å². The van der Waals surface area contributed by atoms with Crippen LogP contribution in [-0.2, 0) is 0 Å². The molecule has 0 fully saturated rings. The molecule has 0 atom stereocenters. The predicted octanol–water partition coefficient (Wildman–Crippen LogP) is -0.943. The molecule has 0 bridgehead atoms. The Hall–Kier alpha value is -0.973. The predicted molar refractivity (Wildman–Crippen MR) is 44.5 cm³/mol. The van der Waals surface area contributed by atoms with Crippen LogP contribution < -0.4 is 18.9 Å². The third-order valence-corrected chi connectivity index (χ3v) is 1.59. The summed E-state index contributed by atoms with van der Waals surface area (Å²) >= 11 is 0. The van der Waals surface area contributed by atoms with Crippen LogP contribution in [0.4, 0.5) is 0 Å². The van der Waals surface area contributed by atoms with E-state index < -0.39 is 0 Å². The molecule has 2 nitrogen and oxygen atoms in total. The van der Waals surface area contributed by atoms with Crippen molar-refractivity contribution < 1.29 is 25.4 Å². The van der Waals surface area contributed by atoms with Crippen LogP contribution in [0.25, 0.3) is 10.9 Å². The Kier molecular flexibility index (Phi) is 2.75. The number of phenolic OH excluding ortho intramolecular Hbond substituents is 1. The molecular formula is C9H8LiNO. The zero-order valence-electron chi connectivity index (χ0n) is 7.86. The van der Waals surface area contributed by atoms with Gasteiger partial charge < -0.3 is 6.53 Å². The van der Waals surface area contributed by atoms with Gasteiger partial charge in [-0.2, -0.15) is 0 Å². The maximum atomic E-state index is 9.09. The van der Waals surface area contributed by atoms with Crippen molar-refractivity contribution in [2.75, 3.05) is 0 Å². The molecule has 1 N–H and O–H groups in total. The largest absolute Gasteiger partial charge is 1.00 e. The van der Waals surface area contributed by atoms with E-state index in [1.165, 1.54) is 0 Å². The van der Waals surface area contributed by atoms with E-state index in [1.54, 1.807) is 18.3 Å². The van der Waals surface area contributed by atoms with Crippen molar-refractivity contribution in [3.63, 3.8) is 0 Å². The van der Waals surface area contributed by atoms with E-state index in [9.17, 15) is 0 Å². The van der Waals surface area contributed by atoms with E-state index in [4.69, 9.17) is 5.11 Å². The quantitative estimate of drug-likeness (QED) is 0.495. The summed E-state index contributed by atoms with van der Waals surface area (Å²) in [5, 5.41) is 10.1. The summed E-state index contributed by atoms with van der Waals surface area (Å²) in [6.07, 6.45) is 1.71. The minimum atomic E-state index is 0. The normalized spacial score (nSPS) is 9.33. The van der Waals surface area contributed by atoms with Crippen molar-refractivity contribution in [2.24, 2.45) is 0 Å². The van der Waals surface area contributed by atoms with Crippen LogP contribution in [0.2, 0.25) is 0 Å². The maximum Gasteiger partial charge on any atom is 1.00 e. The zero-order chi connectivity index (χ0) is 7.68. The van der Waals surface area contributed by atoms with Crippen molar-refractivity contribution >= 4 is 10.9 Å². The molecule has 0 aliphatic heterocycles. The van der Waals surface area contributed by atoms with Gasteiger partial charge in [0, 0.05) is 17.6 Å². The Balaban J connectivity index is 0.000000720. The number of hydrogen-bond acceptors (Lipinski definition) is 2. The SMILES string of the molecule is Oc1ccc2cccnc2c1.[H-].[Li+]. The first-order valence-electron chi connectivity index (χ1n) is 3.40. The third-order valence-electron chi connectivity index (χ3n) is 1.59. The van der Waals surface area contributed by atoms with E-state index in [0.717, 1.165) is 10.9 Å². The number of benzene rings is 1. The van der Waals surface area contributed by atoms with Gasteiger partial charge in [0.15, 0.2) is 0 Å². The van der Waals surface area contributed by atoms with Gasteiger partial charge in [-0.15, -0.1) is 0 Å². The van der Waals surface area contributed by atoms with E-state index in [0.29, 0.717) is 0 Å². The van der Waals surface area contributed by atoms with Crippen molar-refractivity contribution in [3.05, 3.63) is 36.5 Å². The first-order chi connectivity index (χ1) is 5.36. The van der Waals surface area contributed by atoms with Gasteiger partial charge in [-0.1, -0.05) is 6.07 Å². The smallest absolute Gasteiger partial charge is 1.00 e. The Morgan fingerprint density at radius 1 is 1.25 bits per heavy atom. The number of fused-ring (bicyclic) bond motifs is 1. The Morgan fingerprint density at radius 3 is 2.92 bits per heavy atom. The summed E-state index contributed by atoms with van der Waals surface area (Å²) in [5.41, 5.74) is 0.826. The van der Waals surface area contributed by atoms with Crippen LogP contribution in [0.1, 0.15) is 1.43 Å². The summed E-state index contributed by atoms with van der Waals surface area (Å²) in [6.45, 7) is 0. The topological polar surface area (TPSA) is 33.1 Å². The van der Waals surface area contributed by atoms with Crippen molar-refractivity contribution in [1.29, 1.82) is 0 Å². The molecule has 2 rings (SSSR count). The number of phenols is 1. The molecule has 1 aromatic carbocycles. The molecule has 0 aliphatic rings. The molecule has 12 heavy (non-hydrogen) atoms. The molecule has 3 heteroatoms. The summed E-state index contributed by atoms with van der Waals surface area (Å²) in [4.78, 5) is 4.08. The molecule has 0 radical (unpaired) electrons. The number of hydrogen-bond donors (Lipinski definition) is 1. The fraction of sp³-hybridized carbons (Fsp3) is 0. The number of aromatic hydroxyl groups is 1. The van der Waals surface area contributed by atoms with Gasteiger partial charge in [-0.05, 0) is 18.2 Å². The number of aromatic nitrogens is 1. The molecule has 0 aliphatic carbocycles. The second-order valence-corrected chi connectivity index (χ2v) is 2.38. The number of pyridine rings is 1. The van der Waals surface area contributed by atoms with Gasteiger partial charge in [0.1, 0.15) is 5.75 Å². The second kappa shape index (κ2) is 3.62. The van der Waals surface area contributed by atoms with E-state index in [1.807, 2.05) is 18.2 Å². The first-order valence-corrected chi connectivity index (χ1v) is 3.40. The van der Waals surface area contributed by atoms with Gasteiger partial charge in [-0.25, -0.2) is 0 Å². The average Bonchev–Trinajstić information content (AvgIpc) is 2.04. The summed E-state index contributed by atoms with van der Waals surface area (Å²) in [5.74, 6) is 0.260. The molecule has 2 aromatic rings. The summed E-state index contributed by atoms with van der Waals surface area (Å²) in [6, 6.07) is 8.98. The molecule has 56 valence electrons. The van der Waals surface area contributed by atoms with Crippen LogP contribution in [0, 0.1) is 0 Å². The molecule has 0 saturated carbocycles. The zero-order valence-corrected chi connectivity index (χ0v) is 6.86. The van der Waals surface area contributed by atoms with E-state index >= 15 is 0 Å². The van der Waals surface area contributed by atoms with Crippen LogP contribution in [0.5, 0.6) is 5.75 Å². The van der Waals surface area contributed by atoms with E-state index in [-0.39, 0.29) is 26.0 Å². The van der Waals surface area contributed by atoms with Crippen molar-refractivity contribution in [2.45, 2.75) is 0 Å². The van der Waals surface area contributed by atoms with Crippen LogP contribution in [-0.4, -0.2) is 10.1 Å². The number of rotatable bonds is 0. The van der Waals surface area contributed by atoms with Crippen molar-refractivity contribution in [1.82, 2.24) is 4.98 Å². The fourth-order valence-electron chi connectivity index (χ4n) is 1.05. The van der Waals surface area contributed by atoms with Gasteiger partial charge in [0.2, 0.25) is 0 Å². The molecular weight excluding hydrogens is 145 g/mol. The maximum absolute atomic E-state index is 9.09. The summed E-state index contributed by atoms with van der Waals surface area (Å²) < 4.78 is 0. The average molecular weight is 153 g/mol. The van der Waals surface area contributed by atoms with Gasteiger partial charge in [-0.3, -0.25) is 4.98 Å². The molecule has 0 unspecified atom stereocenters. The van der Waals surface area contributed by atoms with Gasteiger partial charge in [0.25, 0.3) is 0 Å². The summed E-state index contributed by atoms with van der Waals surface area (Å²) in [7, 11) is 0. The van der Waals surface area contributed by atoms with Crippen LogP contribution in [0.3, 0.4) is 0 Å². The van der Waals surface area contributed by atoms with E-state index in [2.05, 4.69) is 4.98 Å². The minimum absolute atomic E-state index is 0. The third kappa shape index (κ3) is 1.61. The Morgan fingerprint density at radius 2 is 2.08 bits per heavy atom. The second-order valence-electron chi connectivity index (χ2n) is 2.38. The Labute approximate surface area is 83.9 Å².